The van der Waals surface area contributed by atoms with Gasteiger partial charge in [-0.1, -0.05) is 18.2 Å². The van der Waals surface area contributed by atoms with Gasteiger partial charge in [-0.15, -0.1) is 0 Å². The first kappa shape index (κ1) is 14.8. The van der Waals surface area contributed by atoms with E-state index in [1.54, 1.807) is 12.1 Å². The molecule has 0 heterocycles. The third kappa shape index (κ3) is 3.31. The van der Waals surface area contributed by atoms with Crippen molar-refractivity contribution < 1.29 is 9.66 Å². The zero-order valence-corrected chi connectivity index (χ0v) is 12.3. The fourth-order valence-electron chi connectivity index (χ4n) is 2.13. The van der Waals surface area contributed by atoms with Gasteiger partial charge in [0, 0.05) is 6.54 Å². The van der Waals surface area contributed by atoms with Gasteiger partial charge in [0.15, 0.2) is 0 Å². The number of rotatable bonds is 5. The lowest BCUT2D eigenvalue weighted by Gasteiger charge is -2.11. The Hall–Kier alpha value is -2.56. The topological polar surface area (TPSA) is 64.4 Å². The zero-order valence-electron chi connectivity index (χ0n) is 12.3. The Bertz CT molecular complexity index is 669. The lowest BCUT2D eigenvalue weighted by atomic mass is 10.0. The average molecular weight is 286 g/mol. The Morgan fingerprint density at radius 2 is 2.00 bits per heavy atom. The second kappa shape index (κ2) is 6.26. The van der Waals surface area contributed by atoms with Gasteiger partial charge in [0.1, 0.15) is 11.4 Å². The molecule has 0 fully saturated rings. The SMILES string of the molecule is COc1ccc(NCc2cccc(C)c2C)c([N+](=O)[O-])c1. The number of nitrogens with one attached hydrogen (secondary N) is 1. The van der Waals surface area contributed by atoms with Crippen molar-refractivity contribution in [3.8, 4) is 5.75 Å². The molecule has 1 N–H and O–H groups in total. The molecule has 0 amide bonds. The van der Waals surface area contributed by atoms with Crippen LogP contribution in [0.15, 0.2) is 36.4 Å². The van der Waals surface area contributed by atoms with E-state index in [9.17, 15) is 10.1 Å². The molecule has 0 aliphatic rings. The molecule has 0 radical (unpaired) electrons. The molecule has 21 heavy (non-hydrogen) atoms. The molecular weight excluding hydrogens is 268 g/mol. The van der Waals surface area contributed by atoms with Crippen molar-refractivity contribution in [2.45, 2.75) is 20.4 Å². The van der Waals surface area contributed by atoms with Crippen molar-refractivity contribution in [1.82, 2.24) is 0 Å². The van der Waals surface area contributed by atoms with Gasteiger partial charge >= 0.3 is 0 Å². The summed E-state index contributed by atoms with van der Waals surface area (Å²) in [5, 5.41) is 14.3. The van der Waals surface area contributed by atoms with Gasteiger partial charge in [0.25, 0.3) is 5.69 Å². The highest BCUT2D eigenvalue weighted by atomic mass is 16.6. The number of nitro groups is 1. The summed E-state index contributed by atoms with van der Waals surface area (Å²) in [5.41, 5.74) is 4.03. The maximum atomic E-state index is 11.1. The summed E-state index contributed by atoms with van der Waals surface area (Å²) in [6, 6.07) is 10.9. The normalized spacial score (nSPS) is 10.2. The molecule has 0 unspecified atom stereocenters. The highest BCUT2D eigenvalue weighted by molar-refractivity contribution is 5.64. The van der Waals surface area contributed by atoms with Crippen LogP contribution in [0.25, 0.3) is 0 Å². The molecule has 0 bridgehead atoms. The number of hydrogen-bond donors (Lipinski definition) is 1. The van der Waals surface area contributed by atoms with Crippen LogP contribution in [-0.4, -0.2) is 12.0 Å². The highest BCUT2D eigenvalue weighted by Gasteiger charge is 2.15. The molecule has 0 saturated carbocycles. The average Bonchev–Trinajstić information content (AvgIpc) is 2.48. The first-order valence-corrected chi connectivity index (χ1v) is 6.64. The summed E-state index contributed by atoms with van der Waals surface area (Å²) in [6.07, 6.45) is 0. The minimum absolute atomic E-state index is 0.0136. The minimum Gasteiger partial charge on any atom is -0.496 e. The van der Waals surface area contributed by atoms with Crippen LogP contribution in [0, 0.1) is 24.0 Å². The van der Waals surface area contributed by atoms with E-state index in [2.05, 4.69) is 25.2 Å². The highest BCUT2D eigenvalue weighted by Crippen LogP contribution is 2.29. The number of anilines is 1. The van der Waals surface area contributed by atoms with Crippen LogP contribution < -0.4 is 10.1 Å². The van der Waals surface area contributed by atoms with E-state index in [0.29, 0.717) is 18.0 Å². The van der Waals surface area contributed by atoms with Crippen molar-refractivity contribution in [3.63, 3.8) is 0 Å². The van der Waals surface area contributed by atoms with Gasteiger partial charge in [0.05, 0.1) is 18.1 Å². The van der Waals surface area contributed by atoms with Gasteiger partial charge in [-0.05, 0) is 42.7 Å². The van der Waals surface area contributed by atoms with Crippen LogP contribution in [-0.2, 0) is 6.54 Å². The Labute approximate surface area is 123 Å². The maximum Gasteiger partial charge on any atom is 0.296 e. The van der Waals surface area contributed by atoms with Crippen LogP contribution >= 0.6 is 0 Å². The molecule has 0 aromatic heterocycles. The molecule has 110 valence electrons. The summed E-state index contributed by atoms with van der Waals surface area (Å²) in [4.78, 5) is 10.7. The molecule has 0 aliphatic carbocycles. The van der Waals surface area contributed by atoms with Crippen LogP contribution in [0.4, 0.5) is 11.4 Å². The van der Waals surface area contributed by atoms with Crippen LogP contribution in [0.3, 0.4) is 0 Å². The van der Waals surface area contributed by atoms with E-state index in [1.807, 2.05) is 12.1 Å². The number of ether oxygens (including phenoxy) is 1. The molecule has 5 nitrogen and oxygen atoms in total. The van der Waals surface area contributed by atoms with Gasteiger partial charge in [-0.25, -0.2) is 0 Å². The lowest BCUT2D eigenvalue weighted by molar-refractivity contribution is -0.384. The minimum atomic E-state index is -0.409. The standard InChI is InChI=1S/C16H18N2O3/c1-11-5-4-6-13(12(11)2)10-17-15-8-7-14(21-3)9-16(15)18(19)20/h4-9,17H,10H2,1-3H3. The fraction of sp³-hybridized carbons (Fsp3) is 0.250. The third-order valence-corrected chi connectivity index (χ3v) is 3.59. The molecular formula is C16H18N2O3. The second-order valence-electron chi connectivity index (χ2n) is 4.85. The molecule has 0 saturated heterocycles. The molecule has 2 aromatic carbocycles. The third-order valence-electron chi connectivity index (χ3n) is 3.59. The Morgan fingerprint density at radius 3 is 2.67 bits per heavy atom. The van der Waals surface area contributed by atoms with Gasteiger partial charge < -0.3 is 10.1 Å². The number of benzene rings is 2. The van der Waals surface area contributed by atoms with E-state index < -0.39 is 4.92 Å². The van der Waals surface area contributed by atoms with E-state index in [0.717, 1.165) is 5.56 Å². The Balaban J connectivity index is 2.23. The molecule has 2 aromatic rings. The van der Waals surface area contributed by atoms with Crippen molar-refractivity contribution >= 4 is 11.4 Å². The van der Waals surface area contributed by atoms with E-state index >= 15 is 0 Å². The van der Waals surface area contributed by atoms with Crippen LogP contribution in [0.5, 0.6) is 5.75 Å². The van der Waals surface area contributed by atoms with E-state index in [-0.39, 0.29) is 5.69 Å². The summed E-state index contributed by atoms with van der Waals surface area (Å²) in [7, 11) is 1.49. The summed E-state index contributed by atoms with van der Waals surface area (Å²) in [6.45, 7) is 4.64. The molecule has 0 spiro atoms. The largest absolute Gasteiger partial charge is 0.496 e. The van der Waals surface area contributed by atoms with Crippen molar-refractivity contribution in [3.05, 3.63) is 63.2 Å². The van der Waals surface area contributed by atoms with E-state index in [4.69, 9.17) is 4.74 Å². The van der Waals surface area contributed by atoms with Gasteiger partial charge in [-0.3, -0.25) is 10.1 Å². The van der Waals surface area contributed by atoms with E-state index in [1.165, 1.54) is 24.3 Å². The predicted molar refractivity (Wildman–Crippen MR) is 82.9 cm³/mol. The maximum absolute atomic E-state index is 11.1. The number of aryl methyl sites for hydroxylation is 1. The van der Waals surface area contributed by atoms with Crippen molar-refractivity contribution in [2.75, 3.05) is 12.4 Å². The smallest absolute Gasteiger partial charge is 0.296 e. The van der Waals surface area contributed by atoms with Crippen molar-refractivity contribution in [2.24, 2.45) is 0 Å². The molecule has 0 atom stereocenters. The zero-order chi connectivity index (χ0) is 15.4. The van der Waals surface area contributed by atoms with Gasteiger partial charge in [0.2, 0.25) is 0 Å². The number of nitro benzene ring substituents is 1. The quantitative estimate of drug-likeness (QED) is 0.670. The predicted octanol–water partition coefficient (Wildman–Crippen LogP) is 3.83. The summed E-state index contributed by atoms with van der Waals surface area (Å²) >= 11 is 0. The second-order valence-corrected chi connectivity index (χ2v) is 4.85. The van der Waals surface area contributed by atoms with Crippen LogP contribution in [0.2, 0.25) is 0 Å². The summed E-state index contributed by atoms with van der Waals surface area (Å²) < 4.78 is 5.03. The van der Waals surface area contributed by atoms with Crippen molar-refractivity contribution in [1.29, 1.82) is 0 Å². The molecule has 5 heteroatoms. The van der Waals surface area contributed by atoms with Crippen LogP contribution in [0.1, 0.15) is 16.7 Å². The fourth-order valence-corrected chi connectivity index (χ4v) is 2.13. The number of nitrogens with zero attached hydrogens (tertiary/aromatic N) is 1. The first-order valence-electron chi connectivity index (χ1n) is 6.64. The summed E-state index contributed by atoms with van der Waals surface area (Å²) in [5.74, 6) is 0.471. The monoisotopic (exact) mass is 286 g/mol. The number of hydrogen-bond acceptors (Lipinski definition) is 4. The first-order chi connectivity index (χ1) is 10.0. The van der Waals surface area contributed by atoms with Gasteiger partial charge in [-0.2, -0.15) is 0 Å². The molecule has 2 rings (SSSR count). The Morgan fingerprint density at radius 1 is 1.24 bits per heavy atom. The molecule has 0 aliphatic heterocycles. The Kier molecular flexibility index (Phi) is 4.42. The number of methoxy groups -OCH3 is 1. The lowest BCUT2D eigenvalue weighted by Crippen LogP contribution is -2.04.